The second-order valence-electron chi connectivity index (χ2n) is 3.42. The van der Waals surface area contributed by atoms with E-state index >= 15 is 0 Å². The predicted octanol–water partition coefficient (Wildman–Crippen LogP) is 3.25. The van der Waals surface area contributed by atoms with Crippen LogP contribution in [0.25, 0.3) is 0 Å². The average Bonchev–Trinajstić information content (AvgIpc) is 2.20. The molecule has 4 heteroatoms. The van der Waals surface area contributed by atoms with E-state index in [0.29, 0.717) is 17.9 Å². The molecule has 15 heavy (non-hydrogen) atoms. The lowest BCUT2D eigenvalue weighted by atomic mass is 10.2. The Kier molecular flexibility index (Phi) is 4.60. The molecule has 0 amide bonds. The van der Waals surface area contributed by atoms with E-state index < -0.39 is 0 Å². The van der Waals surface area contributed by atoms with Crippen LogP contribution in [0.2, 0.25) is 0 Å². The summed E-state index contributed by atoms with van der Waals surface area (Å²) in [5, 5.41) is 17.4. The highest BCUT2D eigenvalue weighted by molar-refractivity contribution is 5.57. The van der Waals surface area contributed by atoms with Crippen LogP contribution in [0, 0.1) is 0 Å². The SMILES string of the molecule is CCCCC/N=N/c1ccc(N)cc1O. The van der Waals surface area contributed by atoms with Crippen LogP contribution in [0.15, 0.2) is 28.4 Å². The molecule has 0 unspecified atom stereocenters. The van der Waals surface area contributed by atoms with Crippen LogP contribution in [0.4, 0.5) is 11.4 Å². The number of nitrogens with two attached hydrogens (primary N) is 1. The summed E-state index contributed by atoms with van der Waals surface area (Å²) in [5.74, 6) is 0.0780. The molecule has 0 saturated carbocycles. The van der Waals surface area contributed by atoms with Gasteiger partial charge < -0.3 is 10.8 Å². The topological polar surface area (TPSA) is 71.0 Å². The Bertz CT molecular complexity index is 337. The van der Waals surface area contributed by atoms with Crippen molar-refractivity contribution in [2.24, 2.45) is 10.2 Å². The van der Waals surface area contributed by atoms with Crippen molar-refractivity contribution in [3.8, 4) is 5.75 Å². The molecule has 0 atom stereocenters. The molecule has 4 nitrogen and oxygen atoms in total. The standard InChI is InChI=1S/C11H17N3O/c1-2-3-4-7-13-14-10-6-5-9(12)8-11(10)15/h5-6,8,15H,2-4,7,12H2,1H3/b14-13+. The minimum atomic E-state index is 0.0780. The van der Waals surface area contributed by atoms with Crippen molar-refractivity contribution in [1.82, 2.24) is 0 Å². The number of aromatic hydroxyl groups is 1. The lowest BCUT2D eigenvalue weighted by Crippen LogP contribution is -1.82. The summed E-state index contributed by atoms with van der Waals surface area (Å²) in [6, 6.07) is 4.83. The van der Waals surface area contributed by atoms with Crippen LogP contribution < -0.4 is 5.73 Å². The zero-order valence-electron chi connectivity index (χ0n) is 8.98. The Labute approximate surface area is 89.8 Å². The van der Waals surface area contributed by atoms with Crippen molar-refractivity contribution < 1.29 is 5.11 Å². The van der Waals surface area contributed by atoms with Gasteiger partial charge in [-0.3, -0.25) is 0 Å². The fraction of sp³-hybridized carbons (Fsp3) is 0.455. The van der Waals surface area contributed by atoms with Crippen LogP contribution in [0.3, 0.4) is 0 Å². The Morgan fingerprint density at radius 2 is 2.13 bits per heavy atom. The number of rotatable bonds is 5. The lowest BCUT2D eigenvalue weighted by Gasteiger charge is -1.98. The number of hydrogen-bond acceptors (Lipinski definition) is 4. The summed E-state index contributed by atoms with van der Waals surface area (Å²) < 4.78 is 0. The molecule has 0 spiro atoms. The van der Waals surface area contributed by atoms with Crippen molar-refractivity contribution in [2.45, 2.75) is 26.2 Å². The number of nitrogen functional groups attached to an aromatic ring is 1. The van der Waals surface area contributed by atoms with E-state index in [-0.39, 0.29) is 5.75 Å². The maximum Gasteiger partial charge on any atom is 0.145 e. The van der Waals surface area contributed by atoms with E-state index in [0.717, 1.165) is 12.8 Å². The second kappa shape index (κ2) is 6.01. The maximum atomic E-state index is 9.46. The fourth-order valence-corrected chi connectivity index (χ4v) is 1.18. The first-order valence-electron chi connectivity index (χ1n) is 5.20. The molecule has 0 aliphatic rings. The molecular formula is C11H17N3O. The molecule has 0 radical (unpaired) electrons. The van der Waals surface area contributed by atoms with Gasteiger partial charge in [0.25, 0.3) is 0 Å². The molecule has 1 rings (SSSR count). The summed E-state index contributed by atoms with van der Waals surface area (Å²) in [7, 11) is 0. The number of azo groups is 1. The first kappa shape index (κ1) is 11.5. The van der Waals surface area contributed by atoms with Crippen molar-refractivity contribution in [3.05, 3.63) is 18.2 Å². The summed E-state index contributed by atoms with van der Waals surface area (Å²) in [6.07, 6.45) is 3.37. The Balaban J connectivity index is 2.49. The summed E-state index contributed by atoms with van der Waals surface area (Å²) in [6.45, 7) is 2.85. The van der Waals surface area contributed by atoms with Crippen molar-refractivity contribution in [3.63, 3.8) is 0 Å². The number of nitrogens with zero attached hydrogens (tertiary/aromatic N) is 2. The zero-order valence-corrected chi connectivity index (χ0v) is 8.98. The first-order valence-corrected chi connectivity index (χ1v) is 5.20. The van der Waals surface area contributed by atoms with Gasteiger partial charge in [-0.1, -0.05) is 19.8 Å². The smallest absolute Gasteiger partial charge is 0.145 e. The number of hydrogen-bond donors (Lipinski definition) is 2. The third-order valence-corrected chi connectivity index (χ3v) is 2.04. The van der Waals surface area contributed by atoms with Gasteiger partial charge in [-0.05, 0) is 18.6 Å². The minimum absolute atomic E-state index is 0.0780. The molecule has 0 bridgehead atoms. The zero-order chi connectivity index (χ0) is 11.1. The van der Waals surface area contributed by atoms with Gasteiger partial charge >= 0.3 is 0 Å². The highest BCUT2D eigenvalue weighted by Gasteiger charge is 1.98. The van der Waals surface area contributed by atoms with Gasteiger partial charge in [0.2, 0.25) is 0 Å². The van der Waals surface area contributed by atoms with Gasteiger partial charge in [0.05, 0.1) is 6.54 Å². The summed E-state index contributed by atoms with van der Waals surface area (Å²) in [5.41, 5.74) is 6.49. The normalized spacial score (nSPS) is 11.0. The van der Waals surface area contributed by atoms with Crippen LogP contribution >= 0.6 is 0 Å². The number of anilines is 1. The Morgan fingerprint density at radius 1 is 1.33 bits per heavy atom. The number of phenols is 1. The van der Waals surface area contributed by atoms with E-state index in [1.807, 2.05) is 0 Å². The second-order valence-corrected chi connectivity index (χ2v) is 3.42. The van der Waals surface area contributed by atoms with Crippen LogP contribution in [-0.2, 0) is 0 Å². The third kappa shape index (κ3) is 3.97. The van der Waals surface area contributed by atoms with E-state index in [9.17, 15) is 5.11 Å². The molecule has 1 aromatic carbocycles. The maximum absolute atomic E-state index is 9.46. The van der Waals surface area contributed by atoms with Crippen LogP contribution in [-0.4, -0.2) is 11.7 Å². The Hall–Kier alpha value is -1.58. The molecule has 0 aliphatic heterocycles. The highest BCUT2D eigenvalue weighted by Crippen LogP contribution is 2.28. The van der Waals surface area contributed by atoms with Gasteiger partial charge in [0.15, 0.2) is 0 Å². The molecule has 3 N–H and O–H groups in total. The number of unbranched alkanes of at least 4 members (excludes halogenated alkanes) is 2. The van der Waals surface area contributed by atoms with E-state index in [2.05, 4.69) is 17.2 Å². The van der Waals surface area contributed by atoms with Gasteiger partial charge in [0, 0.05) is 11.8 Å². The molecule has 0 aliphatic carbocycles. The largest absolute Gasteiger partial charge is 0.506 e. The molecule has 1 aromatic rings. The Morgan fingerprint density at radius 3 is 2.80 bits per heavy atom. The molecule has 0 saturated heterocycles. The highest BCUT2D eigenvalue weighted by atomic mass is 16.3. The van der Waals surface area contributed by atoms with Gasteiger partial charge in [-0.2, -0.15) is 10.2 Å². The van der Waals surface area contributed by atoms with Crippen molar-refractivity contribution in [2.75, 3.05) is 12.3 Å². The average molecular weight is 207 g/mol. The predicted molar refractivity (Wildman–Crippen MR) is 61.4 cm³/mol. The fourth-order valence-electron chi connectivity index (χ4n) is 1.18. The monoisotopic (exact) mass is 207 g/mol. The molecule has 0 aromatic heterocycles. The summed E-state index contributed by atoms with van der Waals surface area (Å²) >= 11 is 0. The quantitative estimate of drug-likeness (QED) is 0.442. The third-order valence-electron chi connectivity index (χ3n) is 2.04. The van der Waals surface area contributed by atoms with E-state index in [4.69, 9.17) is 5.73 Å². The lowest BCUT2D eigenvalue weighted by molar-refractivity contribution is 0.476. The number of benzene rings is 1. The van der Waals surface area contributed by atoms with Gasteiger partial charge in [-0.15, -0.1) is 0 Å². The van der Waals surface area contributed by atoms with E-state index in [1.54, 1.807) is 12.1 Å². The van der Waals surface area contributed by atoms with Crippen molar-refractivity contribution in [1.29, 1.82) is 0 Å². The summed E-state index contributed by atoms with van der Waals surface area (Å²) in [4.78, 5) is 0. The van der Waals surface area contributed by atoms with Gasteiger partial charge in [0.1, 0.15) is 11.4 Å². The first-order chi connectivity index (χ1) is 7.24. The van der Waals surface area contributed by atoms with Crippen molar-refractivity contribution >= 4 is 11.4 Å². The van der Waals surface area contributed by atoms with E-state index in [1.165, 1.54) is 12.5 Å². The minimum Gasteiger partial charge on any atom is -0.506 e. The molecular weight excluding hydrogens is 190 g/mol. The van der Waals surface area contributed by atoms with Crippen LogP contribution in [0.1, 0.15) is 26.2 Å². The van der Waals surface area contributed by atoms with Gasteiger partial charge in [-0.25, -0.2) is 0 Å². The number of phenolic OH excluding ortho intramolecular Hbond substituents is 1. The molecule has 82 valence electrons. The molecule has 0 heterocycles. The molecule has 0 fully saturated rings. The van der Waals surface area contributed by atoms with Crippen LogP contribution in [0.5, 0.6) is 5.75 Å².